The van der Waals surface area contributed by atoms with E-state index in [4.69, 9.17) is 19.1 Å². The van der Waals surface area contributed by atoms with Gasteiger partial charge in [0.05, 0.1) is 24.2 Å². The van der Waals surface area contributed by atoms with Crippen molar-refractivity contribution in [3.8, 4) is 0 Å². The third-order valence-electron chi connectivity index (χ3n) is 6.79. The molecule has 0 amide bonds. The van der Waals surface area contributed by atoms with Crippen LogP contribution in [0.25, 0.3) is 0 Å². The molecule has 2 heterocycles. The summed E-state index contributed by atoms with van der Waals surface area (Å²) in [5.74, 6) is 0. The lowest BCUT2D eigenvalue weighted by atomic mass is 9.96. The molecule has 2 aliphatic heterocycles. The maximum absolute atomic E-state index is 12.7. The predicted molar refractivity (Wildman–Crippen MR) is 132 cm³/mol. The molecule has 0 radical (unpaired) electrons. The summed E-state index contributed by atoms with van der Waals surface area (Å²) in [6.07, 6.45) is -16.7. The summed E-state index contributed by atoms with van der Waals surface area (Å²) in [6.45, 7) is -1.51. The van der Waals surface area contributed by atoms with E-state index in [2.05, 4.69) is 5.48 Å². The number of rotatable bonds is 11. The molecule has 220 valence electrons. The van der Waals surface area contributed by atoms with Gasteiger partial charge in [0.25, 0.3) is 0 Å². The molecule has 0 aliphatic carbocycles. The fourth-order valence-electron chi connectivity index (χ4n) is 4.57. The van der Waals surface area contributed by atoms with E-state index in [0.717, 1.165) is 11.1 Å². The lowest BCUT2D eigenvalue weighted by molar-refractivity contribution is -0.739. The standard InChI is InChI=1S/C25H34N3O12/c29-11-15-18(31)19(32)22(35)25(38-15)39-23-16(12-30)37-24(21(34)20(23)33)28(36)27-40-26-17(13-7-3-1-4-8-13)14-9-5-2-6-10-14/h1-10,15-26,29-35H,11-12H2,(H,27,36)/q+1/t15-,16-,18+,19+,20-,21-,22-,23-,24-,25+/m1/s1. The van der Waals surface area contributed by atoms with Crippen molar-refractivity contribution >= 4 is 0 Å². The molecule has 4 rings (SSSR count). The Morgan fingerprint density at radius 2 is 1.32 bits per heavy atom. The zero-order chi connectivity index (χ0) is 28.8. The second kappa shape index (κ2) is 13.8. The number of nitrogens with zero attached hydrogens (tertiary/aromatic N) is 1. The number of aliphatic hydroxyl groups excluding tert-OH is 7. The van der Waals surface area contributed by atoms with Crippen LogP contribution in [0.4, 0.5) is 0 Å². The molecule has 15 heteroatoms. The summed E-state index contributed by atoms with van der Waals surface area (Å²) in [5, 5.41) is 70.7. The second-order valence-corrected chi connectivity index (χ2v) is 9.42. The van der Waals surface area contributed by atoms with Crippen molar-refractivity contribution in [3.05, 3.63) is 76.7 Å². The highest BCUT2D eigenvalue weighted by molar-refractivity contribution is 5.31. The van der Waals surface area contributed by atoms with Crippen molar-refractivity contribution in [3.63, 3.8) is 0 Å². The Morgan fingerprint density at radius 1 is 0.750 bits per heavy atom. The molecule has 2 aromatic carbocycles. The first-order valence-electron chi connectivity index (χ1n) is 12.6. The molecule has 0 saturated carbocycles. The van der Waals surface area contributed by atoms with Crippen LogP contribution < -0.4 is 11.1 Å². The van der Waals surface area contributed by atoms with E-state index in [1.807, 2.05) is 66.3 Å². The van der Waals surface area contributed by atoms with Crippen LogP contribution in [-0.2, 0) is 19.1 Å². The Morgan fingerprint density at radius 3 is 1.88 bits per heavy atom. The van der Waals surface area contributed by atoms with Crippen LogP contribution in [0.15, 0.2) is 60.7 Å². The first-order valence-corrected chi connectivity index (χ1v) is 12.6. The maximum atomic E-state index is 12.7. The third-order valence-corrected chi connectivity index (χ3v) is 6.79. The summed E-state index contributed by atoms with van der Waals surface area (Å²) in [4.78, 5) is 17.9. The molecule has 40 heavy (non-hydrogen) atoms. The lowest BCUT2D eigenvalue weighted by Gasteiger charge is -2.44. The predicted octanol–water partition coefficient (Wildman–Crippen LogP) is -2.88. The molecule has 2 aromatic rings. The van der Waals surface area contributed by atoms with Gasteiger partial charge in [-0.15, -0.1) is 4.94 Å². The van der Waals surface area contributed by atoms with E-state index in [-0.39, 0.29) is 4.87 Å². The Bertz CT molecular complexity index is 1030. The van der Waals surface area contributed by atoms with Crippen LogP contribution in [-0.4, -0.2) is 115 Å². The average molecular weight is 569 g/mol. The van der Waals surface area contributed by atoms with Crippen LogP contribution in [0.1, 0.15) is 17.2 Å². The number of nitroso groups, excluding NO2 is 1. The first kappa shape index (κ1) is 30.3. The van der Waals surface area contributed by atoms with Crippen molar-refractivity contribution in [2.45, 2.75) is 67.4 Å². The summed E-state index contributed by atoms with van der Waals surface area (Å²) < 4.78 is 16.2. The number of ether oxygens (including phenoxy) is 3. The van der Waals surface area contributed by atoms with Gasteiger partial charge < -0.3 is 50.0 Å². The molecule has 0 aromatic heterocycles. The Balaban J connectivity index is 1.39. The maximum Gasteiger partial charge on any atom is 0.368 e. The minimum atomic E-state index is -1.91. The van der Waals surface area contributed by atoms with Crippen LogP contribution in [0.2, 0.25) is 0 Å². The Kier molecular flexibility index (Phi) is 10.5. The van der Waals surface area contributed by atoms with Crippen molar-refractivity contribution in [1.29, 1.82) is 0 Å². The number of nitrogens with one attached hydrogen (secondary N) is 2. The SMILES string of the molecule is O=[N+](NONC(c1ccccc1)c1ccccc1)[C@@H]1O[C@H](CO)[C@@H](O[C@@H]2O[C@H](CO)[C@H](O)[C@H](O)[C@H]2O)[C@H](O)[C@H]1O. The summed E-state index contributed by atoms with van der Waals surface area (Å²) in [5.41, 5.74) is 6.41. The number of aliphatic hydroxyl groups is 7. The summed E-state index contributed by atoms with van der Waals surface area (Å²) in [7, 11) is 0. The number of hydrogen-bond donors (Lipinski definition) is 9. The number of hydrazine groups is 1. The topological polar surface area (TPSA) is 223 Å². The van der Waals surface area contributed by atoms with E-state index < -0.39 is 80.6 Å². The normalized spacial score (nSPS) is 34.5. The Labute approximate surface area is 228 Å². The summed E-state index contributed by atoms with van der Waals surface area (Å²) in [6, 6.07) is 18.0. The van der Waals surface area contributed by atoms with Gasteiger partial charge in [-0.05, 0) is 11.1 Å². The van der Waals surface area contributed by atoms with Crippen molar-refractivity contribution in [2.24, 2.45) is 0 Å². The minimum absolute atomic E-state index is 0.0132. The van der Waals surface area contributed by atoms with Gasteiger partial charge in [0.1, 0.15) is 42.7 Å². The van der Waals surface area contributed by atoms with E-state index >= 15 is 0 Å². The molecule has 2 saturated heterocycles. The van der Waals surface area contributed by atoms with Gasteiger partial charge in [-0.2, -0.15) is 5.48 Å². The highest BCUT2D eigenvalue weighted by Gasteiger charge is 2.55. The van der Waals surface area contributed by atoms with Crippen molar-refractivity contribution in [2.75, 3.05) is 13.2 Å². The Hall–Kier alpha value is -2.64. The van der Waals surface area contributed by atoms with Crippen LogP contribution >= 0.6 is 0 Å². The molecule has 0 unspecified atom stereocenters. The molecule has 9 N–H and O–H groups in total. The number of hydroxylamine groups is 1. The smallest absolute Gasteiger partial charge is 0.368 e. The molecule has 2 fully saturated rings. The molecule has 2 aliphatic rings. The quantitative estimate of drug-likeness (QED) is 0.0982. The van der Waals surface area contributed by atoms with E-state index in [9.17, 15) is 40.7 Å². The van der Waals surface area contributed by atoms with Gasteiger partial charge in [-0.25, -0.2) is 0 Å². The highest BCUT2D eigenvalue weighted by atomic mass is 16.8. The minimum Gasteiger partial charge on any atom is -0.394 e. The number of hydrogen-bond acceptors (Lipinski definition) is 13. The second-order valence-electron chi connectivity index (χ2n) is 9.42. The van der Waals surface area contributed by atoms with Gasteiger partial charge >= 0.3 is 6.23 Å². The molecule has 15 nitrogen and oxygen atoms in total. The molecular weight excluding hydrogens is 534 g/mol. The van der Waals surface area contributed by atoms with Gasteiger partial charge in [-0.3, -0.25) is 0 Å². The monoisotopic (exact) mass is 568 g/mol. The number of benzene rings is 2. The zero-order valence-corrected chi connectivity index (χ0v) is 21.2. The van der Waals surface area contributed by atoms with E-state index in [0.29, 0.717) is 0 Å². The molecule has 10 atom stereocenters. The zero-order valence-electron chi connectivity index (χ0n) is 21.2. The fraction of sp³-hybridized carbons (Fsp3) is 0.520. The molecule has 0 spiro atoms. The highest BCUT2D eigenvalue weighted by Crippen LogP contribution is 2.29. The fourth-order valence-corrected chi connectivity index (χ4v) is 4.57. The van der Waals surface area contributed by atoms with E-state index in [1.165, 1.54) is 0 Å². The van der Waals surface area contributed by atoms with Gasteiger partial charge in [0, 0.05) is 5.59 Å². The largest absolute Gasteiger partial charge is 0.394 e. The van der Waals surface area contributed by atoms with Crippen LogP contribution in [0.3, 0.4) is 0 Å². The molecular formula is C25H34N3O12+. The molecule has 0 bridgehead atoms. The van der Waals surface area contributed by atoms with Crippen LogP contribution in [0.5, 0.6) is 0 Å². The average Bonchev–Trinajstić information content (AvgIpc) is 2.98. The van der Waals surface area contributed by atoms with Gasteiger partial charge in [0.15, 0.2) is 17.3 Å². The summed E-state index contributed by atoms with van der Waals surface area (Å²) >= 11 is 0. The van der Waals surface area contributed by atoms with Gasteiger partial charge in [-0.1, -0.05) is 60.7 Å². The van der Waals surface area contributed by atoms with Crippen molar-refractivity contribution in [1.82, 2.24) is 11.1 Å². The van der Waals surface area contributed by atoms with Crippen molar-refractivity contribution < 1.29 is 59.8 Å². The van der Waals surface area contributed by atoms with Gasteiger partial charge in [0.2, 0.25) is 0 Å². The lowest BCUT2D eigenvalue weighted by Crippen LogP contribution is -2.66. The van der Waals surface area contributed by atoms with Crippen LogP contribution in [0, 0.1) is 4.91 Å². The first-order chi connectivity index (χ1) is 19.3. The van der Waals surface area contributed by atoms with E-state index in [1.54, 1.807) is 0 Å². The third kappa shape index (κ3) is 6.63.